The molecular formula is C28H24NO4P. The van der Waals surface area contributed by atoms with E-state index in [-0.39, 0.29) is 0 Å². The number of hydrogen-bond donors (Lipinski definition) is 0. The summed E-state index contributed by atoms with van der Waals surface area (Å²) < 4.78 is 31.9. The molecule has 0 aliphatic carbocycles. The zero-order chi connectivity index (χ0) is 23.7. The predicted molar refractivity (Wildman–Crippen MR) is 137 cm³/mol. The number of methoxy groups -OCH3 is 2. The third kappa shape index (κ3) is 3.78. The number of aromatic nitrogens is 1. The van der Waals surface area contributed by atoms with Crippen LogP contribution in [0.25, 0.3) is 22.6 Å². The monoisotopic (exact) mass is 469 g/mol. The highest BCUT2D eigenvalue weighted by atomic mass is 31.2. The molecule has 0 fully saturated rings. The van der Waals surface area contributed by atoms with Gasteiger partial charge in [-0.3, -0.25) is 0 Å². The van der Waals surface area contributed by atoms with Gasteiger partial charge in [-0.05, 0) is 79.2 Å². The second kappa shape index (κ2) is 8.85. The highest BCUT2D eigenvalue weighted by Gasteiger charge is 2.33. The first-order valence-electron chi connectivity index (χ1n) is 10.9. The lowest BCUT2D eigenvalue weighted by Crippen LogP contribution is -2.26. The largest absolute Gasteiger partial charge is 0.497 e. The SMILES string of the molecule is COc1ccc(P(=O)(c2ccc(OC)cc2)c2ccccc2-c2nc3cc(C)ccc3o2)cc1. The highest BCUT2D eigenvalue weighted by Crippen LogP contribution is 2.46. The summed E-state index contributed by atoms with van der Waals surface area (Å²) in [6.45, 7) is 2.02. The van der Waals surface area contributed by atoms with E-state index in [4.69, 9.17) is 18.9 Å². The van der Waals surface area contributed by atoms with Crippen LogP contribution in [0.5, 0.6) is 11.5 Å². The molecule has 0 unspecified atom stereocenters. The fraction of sp³-hybridized carbons (Fsp3) is 0.107. The van der Waals surface area contributed by atoms with E-state index < -0.39 is 7.14 Å². The fourth-order valence-corrected chi connectivity index (χ4v) is 6.89. The summed E-state index contributed by atoms with van der Waals surface area (Å²) in [6.07, 6.45) is 0. The van der Waals surface area contributed by atoms with Crippen molar-refractivity contribution in [1.82, 2.24) is 4.98 Å². The van der Waals surface area contributed by atoms with E-state index in [0.29, 0.717) is 44.4 Å². The van der Waals surface area contributed by atoms with Gasteiger partial charge in [-0.2, -0.15) is 0 Å². The molecule has 0 aliphatic heterocycles. The van der Waals surface area contributed by atoms with Crippen LogP contribution in [0.3, 0.4) is 0 Å². The highest BCUT2D eigenvalue weighted by molar-refractivity contribution is 7.85. The summed E-state index contributed by atoms with van der Waals surface area (Å²) in [5.74, 6) is 1.85. The van der Waals surface area contributed by atoms with E-state index in [1.165, 1.54) is 0 Å². The minimum Gasteiger partial charge on any atom is -0.497 e. The first kappa shape index (κ1) is 22.0. The number of aryl methyl sites for hydroxylation is 1. The van der Waals surface area contributed by atoms with Crippen LogP contribution in [0, 0.1) is 6.92 Å². The van der Waals surface area contributed by atoms with E-state index >= 15 is 4.57 Å². The summed E-state index contributed by atoms with van der Waals surface area (Å²) in [5.41, 5.74) is 3.27. The van der Waals surface area contributed by atoms with Crippen LogP contribution in [0.4, 0.5) is 0 Å². The standard InChI is InChI=1S/C28H24NO4P/c1-19-8-17-26-25(18-19)29-28(33-26)24-6-4-5-7-27(24)34(30,22-13-9-20(31-2)10-14-22)23-15-11-21(32-3)12-16-23/h4-18H,1-3H3. The normalized spacial score (nSPS) is 11.5. The minimum absolute atomic E-state index is 0.443. The molecule has 0 atom stereocenters. The summed E-state index contributed by atoms with van der Waals surface area (Å²) in [5, 5.41) is 2.05. The zero-order valence-electron chi connectivity index (χ0n) is 19.2. The van der Waals surface area contributed by atoms with Crippen molar-refractivity contribution in [3.05, 3.63) is 96.6 Å². The number of ether oxygens (including phenoxy) is 2. The van der Waals surface area contributed by atoms with Gasteiger partial charge in [-0.25, -0.2) is 4.98 Å². The van der Waals surface area contributed by atoms with Crippen molar-refractivity contribution < 1.29 is 18.5 Å². The van der Waals surface area contributed by atoms with Gasteiger partial charge in [0, 0.05) is 21.5 Å². The molecule has 5 nitrogen and oxygen atoms in total. The molecule has 6 heteroatoms. The molecular weight excluding hydrogens is 445 g/mol. The van der Waals surface area contributed by atoms with E-state index in [0.717, 1.165) is 11.1 Å². The molecule has 0 saturated carbocycles. The summed E-state index contributed by atoms with van der Waals surface area (Å²) in [6, 6.07) is 28.2. The van der Waals surface area contributed by atoms with Crippen molar-refractivity contribution in [1.29, 1.82) is 0 Å². The molecule has 4 aromatic carbocycles. The van der Waals surface area contributed by atoms with Gasteiger partial charge in [0.05, 0.1) is 14.2 Å². The lowest BCUT2D eigenvalue weighted by molar-refractivity contribution is 0.415. The van der Waals surface area contributed by atoms with Gasteiger partial charge in [0.15, 0.2) is 12.7 Å². The van der Waals surface area contributed by atoms with Gasteiger partial charge in [0.2, 0.25) is 5.89 Å². The van der Waals surface area contributed by atoms with E-state index in [2.05, 4.69) is 0 Å². The number of nitrogens with zero attached hydrogens (tertiary/aromatic N) is 1. The number of oxazole rings is 1. The Labute approximate surface area is 198 Å². The van der Waals surface area contributed by atoms with Crippen LogP contribution in [-0.4, -0.2) is 19.2 Å². The van der Waals surface area contributed by atoms with Gasteiger partial charge in [0.25, 0.3) is 0 Å². The third-order valence-electron chi connectivity index (χ3n) is 5.89. The molecule has 1 aromatic heterocycles. The molecule has 0 radical (unpaired) electrons. The molecule has 5 aromatic rings. The van der Waals surface area contributed by atoms with Crippen molar-refractivity contribution in [3.63, 3.8) is 0 Å². The van der Waals surface area contributed by atoms with Crippen molar-refractivity contribution in [2.75, 3.05) is 14.2 Å². The quantitative estimate of drug-likeness (QED) is 0.309. The number of benzene rings is 4. The molecule has 0 aliphatic rings. The van der Waals surface area contributed by atoms with E-state index in [9.17, 15) is 0 Å². The van der Waals surface area contributed by atoms with Crippen molar-refractivity contribution in [2.24, 2.45) is 0 Å². The minimum atomic E-state index is -3.30. The Balaban J connectivity index is 1.75. The van der Waals surface area contributed by atoms with Crippen LogP contribution in [0.2, 0.25) is 0 Å². The molecule has 5 rings (SSSR count). The molecule has 1 heterocycles. The number of hydrogen-bond acceptors (Lipinski definition) is 5. The molecule has 0 saturated heterocycles. The number of rotatable bonds is 6. The maximum Gasteiger partial charge on any atom is 0.228 e. The Hall–Kier alpha value is -3.82. The average Bonchev–Trinajstić information content (AvgIpc) is 3.31. The van der Waals surface area contributed by atoms with Gasteiger partial charge in [0.1, 0.15) is 17.0 Å². The van der Waals surface area contributed by atoms with E-state index in [1.54, 1.807) is 14.2 Å². The van der Waals surface area contributed by atoms with Gasteiger partial charge < -0.3 is 18.5 Å². The van der Waals surface area contributed by atoms with Gasteiger partial charge >= 0.3 is 0 Å². The Morgan fingerprint density at radius 3 is 1.94 bits per heavy atom. The van der Waals surface area contributed by atoms with Gasteiger partial charge in [-0.1, -0.05) is 24.3 Å². The average molecular weight is 469 g/mol. The molecule has 0 N–H and O–H groups in total. The van der Waals surface area contributed by atoms with Crippen molar-refractivity contribution in [2.45, 2.75) is 6.92 Å². The van der Waals surface area contributed by atoms with E-state index in [1.807, 2.05) is 97.9 Å². The predicted octanol–water partition coefficient (Wildman–Crippen LogP) is 5.46. The Morgan fingerprint density at radius 2 is 1.35 bits per heavy atom. The number of fused-ring (bicyclic) bond motifs is 1. The smallest absolute Gasteiger partial charge is 0.228 e. The van der Waals surface area contributed by atoms with Crippen LogP contribution in [0.1, 0.15) is 5.56 Å². The third-order valence-corrected chi connectivity index (χ3v) is 9.01. The Morgan fingerprint density at radius 1 is 0.765 bits per heavy atom. The first-order chi connectivity index (χ1) is 16.5. The summed E-state index contributed by atoms with van der Waals surface area (Å²) >= 11 is 0. The maximum absolute atomic E-state index is 15.1. The molecule has 0 spiro atoms. The Bertz CT molecular complexity index is 1450. The van der Waals surface area contributed by atoms with Crippen LogP contribution in [-0.2, 0) is 4.57 Å². The summed E-state index contributed by atoms with van der Waals surface area (Å²) in [7, 11) is -0.0772. The second-order valence-electron chi connectivity index (χ2n) is 8.01. The van der Waals surface area contributed by atoms with Crippen LogP contribution < -0.4 is 25.4 Å². The van der Waals surface area contributed by atoms with Crippen molar-refractivity contribution >= 4 is 34.2 Å². The Kier molecular flexibility index (Phi) is 5.72. The van der Waals surface area contributed by atoms with Crippen LogP contribution in [0.15, 0.2) is 95.4 Å². The van der Waals surface area contributed by atoms with Crippen LogP contribution >= 0.6 is 7.14 Å². The molecule has 0 amide bonds. The molecule has 34 heavy (non-hydrogen) atoms. The molecule has 170 valence electrons. The zero-order valence-corrected chi connectivity index (χ0v) is 20.1. The fourth-order valence-electron chi connectivity index (χ4n) is 4.09. The molecule has 0 bridgehead atoms. The second-order valence-corrected chi connectivity index (χ2v) is 10.7. The lowest BCUT2D eigenvalue weighted by atomic mass is 10.2. The van der Waals surface area contributed by atoms with Crippen molar-refractivity contribution in [3.8, 4) is 23.0 Å². The first-order valence-corrected chi connectivity index (χ1v) is 12.6. The lowest BCUT2D eigenvalue weighted by Gasteiger charge is -2.22. The van der Waals surface area contributed by atoms with Gasteiger partial charge in [-0.15, -0.1) is 0 Å². The topological polar surface area (TPSA) is 61.6 Å². The summed E-state index contributed by atoms with van der Waals surface area (Å²) in [4.78, 5) is 4.73. The maximum atomic E-state index is 15.1.